The Kier molecular flexibility index (Phi) is 6.48. The van der Waals surface area contributed by atoms with Gasteiger partial charge in [0.15, 0.2) is 17.4 Å². The van der Waals surface area contributed by atoms with E-state index in [-0.39, 0.29) is 5.92 Å². The van der Waals surface area contributed by atoms with Crippen LogP contribution in [0.3, 0.4) is 0 Å². The quantitative estimate of drug-likeness (QED) is 0.305. The van der Waals surface area contributed by atoms with Gasteiger partial charge in [0.05, 0.1) is 36.5 Å². The Morgan fingerprint density at radius 2 is 1.95 bits per heavy atom. The number of hydrogen-bond donors (Lipinski definition) is 2. The van der Waals surface area contributed by atoms with Crippen LogP contribution in [0.25, 0.3) is 10.9 Å². The Hall–Kier alpha value is -5.20. The molecule has 13 heteroatoms. The zero-order chi connectivity index (χ0) is 30.7. The molecule has 0 radical (unpaired) electrons. The summed E-state index contributed by atoms with van der Waals surface area (Å²) in [5.74, 6) is 0.788. The van der Waals surface area contributed by atoms with E-state index >= 15 is 0 Å². The summed E-state index contributed by atoms with van der Waals surface area (Å²) in [6, 6.07) is 10.4. The summed E-state index contributed by atoms with van der Waals surface area (Å²) >= 11 is 0. The number of carbonyl (C=O) groups is 3. The Bertz CT molecular complexity index is 1800. The minimum absolute atomic E-state index is 0.321. The van der Waals surface area contributed by atoms with E-state index in [1.165, 1.54) is 24.3 Å². The predicted octanol–water partition coefficient (Wildman–Crippen LogP) is 5.21. The van der Waals surface area contributed by atoms with Crippen molar-refractivity contribution in [3.05, 3.63) is 60.0 Å². The first-order valence-corrected chi connectivity index (χ1v) is 13.7. The van der Waals surface area contributed by atoms with Gasteiger partial charge >= 0.3 is 12.2 Å². The Balaban J connectivity index is 1.44. The predicted molar refractivity (Wildman–Crippen MR) is 155 cm³/mol. The molecule has 0 bridgehead atoms. The number of hydrogen-bond acceptors (Lipinski definition) is 10. The number of carboxylic acid groups (broad SMARTS) is 1. The first-order chi connectivity index (χ1) is 20.5. The fourth-order valence-electron chi connectivity index (χ4n) is 5.68. The lowest BCUT2D eigenvalue weighted by Gasteiger charge is -2.19. The van der Waals surface area contributed by atoms with Gasteiger partial charge in [0.2, 0.25) is 5.91 Å². The van der Waals surface area contributed by atoms with Gasteiger partial charge < -0.3 is 24.6 Å². The number of fused-ring (bicyclic) bond motifs is 3. The smallest absolute Gasteiger partial charge is 0.435 e. The molecule has 4 aromatic rings. The average Bonchev–Trinajstić information content (AvgIpc) is 3.54. The number of methoxy groups -OCH3 is 1. The lowest BCUT2D eigenvalue weighted by molar-refractivity contribution is -0.119. The first kappa shape index (κ1) is 27.9. The maximum atomic E-state index is 13.6. The van der Waals surface area contributed by atoms with E-state index in [4.69, 9.17) is 14.2 Å². The Morgan fingerprint density at radius 3 is 2.65 bits per heavy atom. The van der Waals surface area contributed by atoms with E-state index in [1.54, 1.807) is 51.1 Å². The number of ether oxygens (including phenoxy) is 3. The molecular formula is C30H30N6O7. The number of anilines is 3. The van der Waals surface area contributed by atoms with Crippen LogP contribution in [-0.2, 0) is 14.9 Å². The number of nitrogens with zero attached hydrogens (tertiary/aromatic N) is 5. The lowest BCUT2D eigenvalue weighted by Crippen LogP contribution is -2.36. The van der Waals surface area contributed by atoms with Crippen molar-refractivity contribution >= 4 is 46.3 Å². The minimum atomic E-state index is -1.34. The largest absolute Gasteiger partial charge is 0.497 e. The van der Waals surface area contributed by atoms with Crippen molar-refractivity contribution in [2.24, 2.45) is 0 Å². The van der Waals surface area contributed by atoms with Crippen LogP contribution in [0, 0.1) is 0 Å². The van der Waals surface area contributed by atoms with Crippen LogP contribution < -0.4 is 19.7 Å². The highest BCUT2D eigenvalue weighted by molar-refractivity contribution is 6.22. The third-order valence-corrected chi connectivity index (χ3v) is 7.55. The molecule has 1 aliphatic carbocycles. The summed E-state index contributed by atoms with van der Waals surface area (Å²) in [4.78, 5) is 48.1. The second-order valence-corrected chi connectivity index (χ2v) is 11.3. The van der Waals surface area contributed by atoms with Gasteiger partial charge in [0.25, 0.3) is 0 Å². The molecule has 13 nitrogen and oxygen atoms in total. The van der Waals surface area contributed by atoms with Crippen LogP contribution >= 0.6 is 0 Å². The zero-order valence-corrected chi connectivity index (χ0v) is 24.2. The molecule has 0 saturated heterocycles. The van der Waals surface area contributed by atoms with Crippen LogP contribution in [0.15, 0.2) is 48.9 Å². The standard InChI is InChI=1S/C30H30N6O7/c1-6-42-23-14-31-15-32-25(23)33-24-18-9-7-16(11-22(18)36(34-24)28(40)43-29(2,3)4)20-13-30(20)19-12-17(41-5)8-10-21(19)35(26(30)37)27(38)39/h7-12,14-15,20H,6,13H2,1-5H3,(H,38,39)(H,31,32,33,34)/t20-,30-/m0/s1. The number of imide groups is 1. The molecular weight excluding hydrogens is 556 g/mol. The van der Waals surface area contributed by atoms with Gasteiger partial charge in [-0.2, -0.15) is 4.68 Å². The SMILES string of the molecule is CCOc1cncnc1Nc1nn(C(=O)OC(C)(C)C)c2cc([C@@H]3C[C@@]34C(=O)N(C(=O)O)c3ccc(OC)cc34)ccc12. The summed E-state index contributed by atoms with van der Waals surface area (Å²) in [5, 5.41) is 18.1. The van der Waals surface area contributed by atoms with Crippen molar-refractivity contribution in [2.75, 3.05) is 23.9 Å². The van der Waals surface area contributed by atoms with E-state index in [2.05, 4.69) is 20.4 Å². The van der Waals surface area contributed by atoms with E-state index in [0.717, 1.165) is 10.5 Å². The van der Waals surface area contributed by atoms with Crippen LogP contribution in [-0.4, -0.2) is 62.3 Å². The third-order valence-electron chi connectivity index (χ3n) is 7.55. The molecule has 3 heterocycles. The molecule has 2 aromatic heterocycles. The highest BCUT2D eigenvalue weighted by Gasteiger charge is 2.68. The normalized spacial score (nSPS) is 19.0. The molecule has 2 aromatic carbocycles. The van der Waals surface area contributed by atoms with E-state index in [9.17, 15) is 19.5 Å². The molecule has 43 heavy (non-hydrogen) atoms. The first-order valence-electron chi connectivity index (χ1n) is 13.7. The van der Waals surface area contributed by atoms with Crippen molar-refractivity contribution in [1.82, 2.24) is 19.7 Å². The van der Waals surface area contributed by atoms with Gasteiger partial charge in [-0.05, 0) is 75.6 Å². The van der Waals surface area contributed by atoms with Crippen molar-refractivity contribution < 1.29 is 33.7 Å². The summed E-state index contributed by atoms with van der Waals surface area (Å²) in [5.41, 5.74) is 0.252. The van der Waals surface area contributed by atoms with Gasteiger partial charge in [-0.15, -0.1) is 5.10 Å². The lowest BCUT2D eigenvalue weighted by atomic mass is 9.91. The molecule has 2 amide bonds. The van der Waals surface area contributed by atoms with Crippen LogP contribution in [0.2, 0.25) is 0 Å². The van der Waals surface area contributed by atoms with Crippen molar-refractivity contribution in [1.29, 1.82) is 0 Å². The number of amides is 2. The fourth-order valence-corrected chi connectivity index (χ4v) is 5.68. The molecule has 0 unspecified atom stereocenters. The minimum Gasteiger partial charge on any atom is -0.497 e. The second kappa shape index (κ2) is 9.96. The van der Waals surface area contributed by atoms with Gasteiger partial charge in [-0.1, -0.05) is 6.07 Å². The highest BCUT2D eigenvalue weighted by Crippen LogP contribution is 2.67. The van der Waals surface area contributed by atoms with Gasteiger partial charge in [-0.3, -0.25) is 4.79 Å². The molecule has 1 aliphatic heterocycles. The second-order valence-electron chi connectivity index (χ2n) is 11.3. The summed E-state index contributed by atoms with van der Waals surface area (Å²) in [6.07, 6.45) is 1.26. The number of benzene rings is 2. The van der Waals surface area contributed by atoms with Gasteiger partial charge in [0.1, 0.15) is 17.7 Å². The number of nitrogens with one attached hydrogen (secondary N) is 1. The summed E-state index contributed by atoms with van der Waals surface area (Å²) < 4.78 is 17.8. The molecule has 2 atom stereocenters. The van der Waals surface area contributed by atoms with Crippen molar-refractivity contribution in [3.8, 4) is 11.5 Å². The Morgan fingerprint density at radius 1 is 1.16 bits per heavy atom. The number of rotatable bonds is 6. The topological polar surface area (TPSA) is 158 Å². The molecule has 222 valence electrons. The van der Waals surface area contributed by atoms with Crippen molar-refractivity contribution in [2.45, 2.75) is 51.0 Å². The monoisotopic (exact) mass is 586 g/mol. The number of carbonyl (C=O) groups excluding carboxylic acids is 2. The fraction of sp³-hybridized carbons (Fsp3) is 0.333. The zero-order valence-electron chi connectivity index (χ0n) is 24.2. The summed E-state index contributed by atoms with van der Waals surface area (Å²) in [6.45, 7) is 7.52. The van der Waals surface area contributed by atoms with Gasteiger partial charge in [-0.25, -0.2) is 24.5 Å². The molecule has 2 aliphatic rings. The number of aromatic nitrogens is 4. The molecule has 2 N–H and O–H groups in total. The average molecular weight is 587 g/mol. The maximum Gasteiger partial charge on any atom is 0.435 e. The molecule has 6 rings (SSSR count). The highest BCUT2D eigenvalue weighted by atomic mass is 16.6. The van der Waals surface area contributed by atoms with E-state index < -0.39 is 29.1 Å². The molecule has 1 fully saturated rings. The third kappa shape index (κ3) is 4.57. The molecule has 1 spiro atoms. The van der Waals surface area contributed by atoms with Crippen LogP contribution in [0.4, 0.5) is 26.9 Å². The van der Waals surface area contributed by atoms with Crippen molar-refractivity contribution in [3.63, 3.8) is 0 Å². The van der Waals surface area contributed by atoms with Crippen LogP contribution in [0.5, 0.6) is 11.5 Å². The van der Waals surface area contributed by atoms with E-state index in [0.29, 0.717) is 58.3 Å². The Labute approximate surface area is 246 Å². The molecule has 1 saturated carbocycles. The summed E-state index contributed by atoms with van der Waals surface area (Å²) in [7, 11) is 1.51. The maximum absolute atomic E-state index is 13.6. The van der Waals surface area contributed by atoms with Crippen LogP contribution in [0.1, 0.15) is 51.2 Å². The van der Waals surface area contributed by atoms with E-state index in [1.807, 2.05) is 13.0 Å². The van der Waals surface area contributed by atoms with Gasteiger partial charge in [0, 0.05) is 11.3 Å².